The highest BCUT2D eigenvalue weighted by Gasteiger charge is 2.20. The van der Waals surface area contributed by atoms with Crippen LogP contribution in [0.1, 0.15) is 30.3 Å². The summed E-state index contributed by atoms with van der Waals surface area (Å²) < 4.78 is 1.83. The third-order valence-electron chi connectivity index (χ3n) is 3.36. The van der Waals surface area contributed by atoms with Gasteiger partial charge in [0, 0.05) is 17.8 Å². The molecule has 2 N–H and O–H groups in total. The maximum Gasteiger partial charge on any atom is 0.157 e. The van der Waals surface area contributed by atoms with E-state index in [1.165, 1.54) is 6.42 Å². The summed E-state index contributed by atoms with van der Waals surface area (Å²) in [6.07, 6.45) is 7.63. The minimum Gasteiger partial charge on any atom is -0.359 e. The molecule has 1 aliphatic heterocycles. The summed E-state index contributed by atoms with van der Waals surface area (Å²) >= 11 is 0. The topological polar surface area (TPSA) is 54.2 Å². The Bertz CT molecular complexity index is 631. The van der Waals surface area contributed by atoms with Crippen molar-refractivity contribution in [2.24, 2.45) is 0 Å². The van der Waals surface area contributed by atoms with Gasteiger partial charge in [-0.3, -0.25) is 0 Å². The number of rotatable bonds is 3. The Hall–Kier alpha value is -2.06. The Morgan fingerprint density at radius 2 is 2.47 bits per heavy atom. The van der Waals surface area contributed by atoms with Crippen LogP contribution in [0.5, 0.6) is 0 Å². The molecule has 0 aromatic carbocycles. The second kappa shape index (κ2) is 4.90. The average Bonchev–Trinajstić information content (AvgIpc) is 3.03. The summed E-state index contributed by atoms with van der Waals surface area (Å²) in [5, 5.41) is 11.3. The third-order valence-corrected chi connectivity index (χ3v) is 3.36. The Kier molecular flexibility index (Phi) is 3.10. The highest BCUT2D eigenvalue weighted by atomic mass is 15.3. The number of fused-ring (bicyclic) bond motifs is 1. The molecular formula is C14H17N5. The highest BCUT2D eigenvalue weighted by Crippen LogP contribution is 2.24. The summed E-state index contributed by atoms with van der Waals surface area (Å²) in [6, 6.07) is 4.36. The zero-order valence-electron chi connectivity index (χ0n) is 11.0. The van der Waals surface area contributed by atoms with Crippen LogP contribution in [-0.2, 0) is 0 Å². The molecule has 1 saturated heterocycles. The van der Waals surface area contributed by atoms with E-state index in [1.54, 1.807) is 0 Å². The number of nitrogens with one attached hydrogen (secondary N) is 2. The van der Waals surface area contributed by atoms with Gasteiger partial charge in [-0.2, -0.15) is 9.61 Å². The van der Waals surface area contributed by atoms with Gasteiger partial charge in [0.25, 0.3) is 0 Å². The van der Waals surface area contributed by atoms with Crippen LogP contribution in [0.2, 0.25) is 0 Å². The van der Waals surface area contributed by atoms with Crippen molar-refractivity contribution in [2.75, 3.05) is 18.4 Å². The van der Waals surface area contributed by atoms with Crippen LogP contribution in [0.4, 0.5) is 5.82 Å². The molecule has 0 amide bonds. The fraction of sp³-hybridized carbons (Fsp3) is 0.429. The number of anilines is 1. The van der Waals surface area contributed by atoms with Gasteiger partial charge in [0.05, 0.1) is 18.3 Å². The Morgan fingerprint density at radius 3 is 3.21 bits per heavy atom. The fourth-order valence-corrected chi connectivity index (χ4v) is 2.49. The first-order valence-electron chi connectivity index (χ1n) is 6.56. The molecule has 0 bridgehead atoms. The van der Waals surface area contributed by atoms with E-state index in [9.17, 15) is 0 Å². The van der Waals surface area contributed by atoms with Crippen molar-refractivity contribution in [2.45, 2.75) is 25.8 Å². The molecule has 0 aliphatic carbocycles. The summed E-state index contributed by atoms with van der Waals surface area (Å²) in [5.74, 6) is 3.47. The quantitative estimate of drug-likeness (QED) is 0.816. The lowest BCUT2D eigenvalue weighted by Crippen LogP contribution is -2.13. The van der Waals surface area contributed by atoms with Crippen molar-refractivity contribution < 1.29 is 0 Å². The molecule has 1 atom stereocenters. The minimum atomic E-state index is 0.350. The molecule has 5 nitrogen and oxygen atoms in total. The van der Waals surface area contributed by atoms with Crippen molar-refractivity contribution in [1.82, 2.24) is 19.9 Å². The minimum absolute atomic E-state index is 0.350. The van der Waals surface area contributed by atoms with E-state index in [0.717, 1.165) is 35.8 Å². The monoisotopic (exact) mass is 255 g/mol. The number of aromatic nitrogens is 3. The van der Waals surface area contributed by atoms with E-state index in [4.69, 9.17) is 6.42 Å². The molecule has 3 heterocycles. The van der Waals surface area contributed by atoms with Crippen molar-refractivity contribution in [3.8, 4) is 12.3 Å². The number of hydrogen-bond acceptors (Lipinski definition) is 4. The zero-order valence-corrected chi connectivity index (χ0v) is 11.0. The Labute approximate surface area is 112 Å². The molecule has 0 saturated carbocycles. The van der Waals surface area contributed by atoms with Crippen molar-refractivity contribution in [3.63, 3.8) is 0 Å². The lowest BCUT2D eigenvalue weighted by molar-refractivity contribution is 0.621. The molecule has 1 aliphatic rings. The first kappa shape index (κ1) is 12.0. The molecule has 3 rings (SSSR count). The molecule has 5 heteroatoms. The largest absolute Gasteiger partial charge is 0.359 e. The molecule has 19 heavy (non-hydrogen) atoms. The first-order chi connectivity index (χ1) is 9.28. The van der Waals surface area contributed by atoms with Crippen LogP contribution in [0.3, 0.4) is 0 Å². The van der Waals surface area contributed by atoms with Crippen LogP contribution in [0.25, 0.3) is 5.65 Å². The highest BCUT2D eigenvalue weighted by molar-refractivity contribution is 5.51. The molecule has 0 spiro atoms. The number of hydrogen-bond donors (Lipinski definition) is 2. The predicted molar refractivity (Wildman–Crippen MR) is 75.0 cm³/mol. The van der Waals surface area contributed by atoms with E-state index in [2.05, 4.69) is 32.7 Å². The molecule has 98 valence electrons. The van der Waals surface area contributed by atoms with Crippen molar-refractivity contribution in [3.05, 3.63) is 23.5 Å². The lowest BCUT2D eigenvalue weighted by atomic mass is 10.2. The van der Waals surface area contributed by atoms with Crippen LogP contribution in [0, 0.1) is 19.3 Å². The van der Waals surface area contributed by atoms with Gasteiger partial charge in [-0.05, 0) is 26.3 Å². The van der Waals surface area contributed by atoms with E-state index in [-0.39, 0.29) is 0 Å². The van der Waals surface area contributed by atoms with Crippen molar-refractivity contribution >= 4 is 11.5 Å². The molecule has 0 radical (unpaired) electrons. The second-order valence-electron chi connectivity index (χ2n) is 4.83. The maximum absolute atomic E-state index is 5.30. The molecule has 2 aromatic rings. The van der Waals surface area contributed by atoms with Gasteiger partial charge in [0.2, 0.25) is 0 Å². The van der Waals surface area contributed by atoms with Gasteiger partial charge in [0.15, 0.2) is 5.65 Å². The summed E-state index contributed by atoms with van der Waals surface area (Å²) in [6.45, 7) is 3.52. The third kappa shape index (κ3) is 2.27. The van der Waals surface area contributed by atoms with E-state index in [0.29, 0.717) is 12.6 Å². The van der Waals surface area contributed by atoms with Crippen LogP contribution in [-0.4, -0.2) is 27.7 Å². The SMILES string of the molecule is C#CCNc1cc(C)nc2cc(C3CCCN3)nn12. The van der Waals surface area contributed by atoms with Crippen LogP contribution < -0.4 is 10.6 Å². The normalized spacial score (nSPS) is 18.6. The second-order valence-corrected chi connectivity index (χ2v) is 4.83. The van der Waals surface area contributed by atoms with Crippen molar-refractivity contribution in [1.29, 1.82) is 0 Å². The molecular weight excluding hydrogens is 238 g/mol. The predicted octanol–water partition coefficient (Wildman–Crippen LogP) is 1.51. The fourth-order valence-electron chi connectivity index (χ4n) is 2.49. The maximum atomic E-state index is 5.30. The van der Waals surface area contributed by atoms with E-state index >= 15 is 0 Å². The zero-order chi connectivity index (χ0) is 13.2. The van der Waals surface area contributed by atoms with Crippen LogP contribution in [0.15, 0.2) is 12.1 Å². The summed E-state index contributed by atoms with van der Waals surface area (Å²) in [4.78, 5) is 4.52. The number of terminal acetylenes is 1. The number of aryl methyl sites for hydroxylation is 1. The Morgan fingerprint density at radius 1 is 1.58 bits per heavy atom. The first-order valence-corrected chi connectivity index (χ1v) is 6.56. The molecule has 1 fully saturated rings. The van der Waals surface area contributed by atoms with E-state index in [1.807, 2.05) is 17.5 Å². The van der Waals surface area contributed by atoms with Gasteiger partial charge in [-0.15, -0.1) is 6.42 Å². The smallest absolute Gasteiger partial charge is 0.157 e. The summed E-state index contributed by atoms with van der Waals surface area (Å²) in [5.41, 5.74) is 2.88. The lowest BCUT2D eigenvalue weighted by Gasteiger charge is -2.07. The van der Waals surface area contributed by atoms with Gasteiger partial charge < -0.3 is 10.6 Å². The van der Waals surface area contributed by atoms with Gasteiger partial charge in [-0.1, -0.05) is 5.92 Å². The standard InChI is InChI=1S/C14H17N5/c1-3-6-16-13-8-10(2)17-14-9-12(18-19(13)14)11-5-4-7-15-11/h1,8-9,11,15-16H,4-7H2,2H3. The van der Waals surface area contributed by atoms with E-state index < -0.39 is 0 Å². The Balaban J connectivity index is 2.02. The van der Waals surface area contributed by atoms with Gasteiger partial charge in [0.1, 0.15) is 5.82 Å². The van der Waals surface area contributed by atoms with Gasteiger partial charge >= 0.3 is 0 Å². The van der Waals surface area contributed by atoms with Crippen LogP contribution >= 0.6 is 0 Å². The van der Waals surface area contributed by atoms with Gasteiger partial charge in [-0.25, -0.2) is 4.98 Å². The average molecular weight is 255 g/mol. The molecule has 2 aromatic heterocycles. The molecule has 1 unspecified atom stereocenters. The summed E-state index contributed by atoms with van der Waals surface area (Å²) in [7, 11) is 0. The number of nitrogens with zero attached hydrogens (tertiary/aromatic N) is 3.